The molecule has 0 saturated heterocycles. The molecule has 0 spiro atoms. The zero-order valence-corrected chi connectivity index (χ0v) is 14.8. The Kier molecular flexibility index (Phi) is 5.49. The van der Waals surface area contributed by atoms with Crippen LogP contribution in [-0.4, -0.2) is 6.61 Å². The highest BCUT2D eigenvalue weighted by molar-refractivity contribution is 9.10. The van der Waals surface area contributed by atoms with Gasteiger partial charge in [0.25, 0.3) is 0 Å². The molecule has 2 rings (SSSR count). The third-order valence-corrected chi connectivity index (χ3v) is 4.22. The fourth-order valence-corrected chi connectivity index (χ4v) is 3.44. The van der Waals surface area contributed by atoms with Crippen LogP contribution >= 0.6 is 43.5 Å². The van der Waals surface area contributed by atoms with E-state index in [1.165, 1.54) is 0 Å². The first-order valence-electron chi connectivity index (χ1n) is 6.15. The molecule has 0 amide bonds. The minimum atomic E-state index is -0.255. The Labute approximate surface area is 140 Å². The molecule has 0 aliphatic carbocycles. The van der Waals surface area contributed by atoms with E-state index in [1.54, 1.807) is 0 Å². The van der Waals surface area contributed by atoms with Crippen molar-refractivity contribution in [2.75, 3.05) is 6.61 Å². The largest absolute Gasteiger partial charge is 0.494 e. The molecule has 2 aromatic carbocycles. The Morgan fingerprint density at radius 1 is 1.20 bits per heavy atom. The molecule has 0 aliphatic rings. The number of nitrogens with two attached hydrogens (primary N) is 1. The van der Waals surface area contributed by atoms with Crippen molar-refractivity contribution < 1.29 is 4.74 Å². The third-order valence-electron chi connectivity index (χ3n) is 2.86. The molecule has 106 valence electrons. The molecular formula is C15H14Br2ClNO. The first-order chi connectivity index (χ1) is 9.51. The Balaban J connectivity index is 2.35. The molecule has 0 saturated carbocycles. The summed E-state index contributed by atoms with van der Waals surface area (Å²) in [6.45, 7) is 2.59. The van der Waals surface area contributed by atoms with Gasteiger partial charge in [0.15, 0.2) is 0 Å². The minimum Gasteiger partial charge on any atom is -0.494 e. The first-order valence-corrected chi connectivity index (χ1v) is 8.11. The lowest BCUT2D eigenvalue weighted by molar-refractivity contribution is 0.340. The number of benzene rings is 2. The maximum absolute atomic E-state index is 6.33. The van der Waals surface area contributed by atoms with E-state index in [0.717, 1.165) is 25.8 Å². The zero-order valence-electron chi connectivity index (χ0n) is 10.9. The van der Waals surface area contributed by atoms with Crippen LogP contribution in [0.2, 0.25) is 5.02 Å². The van der Waals surface area contributed by atoms with Crippen LogP contribution in [0.5, 0.6) is 5.75 Å². The molecule has 2 N–H and O–H groups in total. The molecule has 0 radical (unpaired) electrons. The number of halogens is 3. The lowest BCUT2D eigenvalue weighted by Crippen LogP contribution is -2.12. The fraction of sp³-hybridized carbons (Fsp3) is 0.200. The maximum atomic E-state index is 6.33. The molecule has 1 unspecified atom stereocenters. The van der Waals surface area contributed by atoms with Crippen molar-refractivity contribution >= 4 is 43.5 Å². The van der Waals surface area contributed by atoms with Gasteiger partial charge in [0.1, 0.15) is 5.75 Å². The number of rotatable bonds is 4. The van der Waals surface area contributed by atoms with Crippen LogP contribution in [0.15, 0.2) is 45.3 Å². The Morgan fingerprint density at radius 3 is 2.55 bits per heavy atom. The van der Waals surface area contributed by atoms with Crippen molar-refractivity contribution in [2.24, 2.45) is 5.73 Å². The van der Waals surface area contributed by atoms with E-state index in [9.17, 15) is 0 Å². The second kappa shape index (κ2) is 6.94. The van der Waals surface area contributed by atoms with Gasteiger partial charge in [-0.15, -0.1) is 0 Å². The average Bonchev–Trinajstić information content (AvgIpc) is 2.37. The van der Waals surface area contributed by atoms with Crippen molar-refractivity contribution in [2.45, 2.75) is 13.0 Å². The van der Waals surface area contributed by atoms with Crippen molar-refractivity contribution in [1.29, 1.82) is 0 Å². The molecule has 2 aromatic rings. The predicted molar refractivity (Wildman–Crippen MR) is 90.5 cm³/mol. The summed E-state index contributed by atoms with van der Waals surface area (Å²) in [5.41, 5.74) is 8.27. The average molecular weight is 420 g/mol. The summed E-state index contributed by atoms with van der Waals surface area (Å²) < 4.78 is 7.30. The lowest BCUT2D eigenvalue weighted by atomic mass is 9.99. The monoisotopic (exact) mass is 417 g/mol. The topological polar surface area (TPSA) is 35.2 Å². The van der Waals surface area contributed by atoms with E-state index in [0.29, 0.717) is 11.6 Å². The van der Waals surface area contributed by atoms with Crippen LogP contribution in [0.25, 0.3) is 0 Å². The molecule has 0 heterocycles. The number of hydrogen-bond acceptors (Lipinski definition) is 2. The Hall–Kier alpha value is -0.550. The smallest absolute Gasteiger partial charge is 0.120 e. The predicted octanol–water partition coefficient (Wildman–Crippen LogP) is 5.31. The molecule has 0 fully saturated rings. The van der Waals surface area contributed by atoms with Gasteiger partial charge in [-0.05, 0) is 48.4 Å². The van der Waals surface area contributed by atoms with Gasteiger partial charge >= 0.3 is 0 Å². The quantitative estimate of drug-likeness (QED) is 0.729. The van der Waals surface area contributed by atoms with Gasteiger partial charge in [0.05, 0.1) is 12.6 Å². The van der Waals surface area contributed by atoms with Crippen LogP contribution in [-0.2, 0) is 0 Å². The van der Waals surface area contributed by atoms with E-state index in [1.807, 2.05) is 43.3 Å². The van der Waals surface area contributed by atoms with Crippen LogP contribution in [0, 0.1) is 0 Å². The summed E-state index contributed by atoms with van der Waals surface area (Å²) in [5, 5.41) is 0.659. The highest BCUT2D eigenvalue weighted by Gasteiger charge is 2.14. The number of hydrogen-bond donors (Lipinski definition) is 1. The normalized spacial score (nSPS) is 12.2. The second-order valence-electron chi connectivity index (χ2n) is 4.30. The zero-order chi connectivity index (χ0) is 14.7. The summed E-state index contributed by atoms with van der Waals surface area (Å²) in [6, 6.07) is 11.2. The molecular weight excluding hydrogens is 405 g/mol. The van der Waals surface area contributed by atoms with Crippen LogP contribution in [0.1, 0.15) is 24.1 Å². The molecule has 0 aromatic heterocycles. The van der Waals surface area contributed by atoms with Gasteiger partial charge in [-0.3, -0.25) is 0 Å². The summed E-state index contributed by atoms with van der Waals surface area (Å²) in [6.07, 6.45) is 0. The molecule has 0 bridgehead atoms. The summed E-state index contributed by atoms with van der Waals surface area (Å²) in [7, 11) is 0. The highest BCUT2D eigenvalue weighted by Crippen LogP contribution is 2.32. The fourth-order valence-electron chi connectivity index (χ4n) is 1.95. The van der Waals surface area contributed by atoms with Gasteiger partial charge in [-0.1, -0.05) is 49.5 Å². The van der Waals surface area contributed by atoms with Gasteiger partial charge in [0.2, 0.25) is 0 Å². The van der Waals surface area contributed by atoms with E-state index in [4.69, 9.17) is 22.1 Å². The standard InChI is InChI=1S/C15H14Br2ClNO/c1-2-20-12-3-4-13(14(17)8-12)15(19)9-5-10(16)7-11(18)6-9/h3-8,15H,2,19H2,1H3. The molecule has 5 heteroatoms. The summed E-state index contributed by atoms with van der Waals surface area (Å²) in [5.74, 6) is 0.822. The highest BCUT2D eigenvalue weighted by atomic mass is 79.9. The van der Waals surface area contributed by atoms with E-state index in [-0.39, 0.29) is 6.04 Å². The van der Waals surface area contributed by atoms with Crippen molar-refractivity contribution in [1.82, 2.24) is 0 Å². The van der Waals surface area contributed by atoms with Gasteiger partial charge in [0, 0.05) is 14.0 Å². The molecule has 2 nitrogen and oxygen atoms in total. The van der Waals surface area contributed by atoms with E-state index >= 15 is 0 Å². The van der Waals surface area contributed by atoms with Gasteiger partial charge in [-0.25, -0.2) is 0 Å². The SMILES string of the molecule is CCOc1ccc(C(N)c2cc(Cl)cc(Br)c2)c(Br)c1. The van der Waals surface area contributed by atoms with E-state index in [2.05, 4.69) is 31.9 Å². The third kappa shape index (κ3) is 3.76. The van der Waals surface area contributed by atoms with Gasteiger partial charge < -0.3 is 10.5 Å². The van der Waals surface area contributed by atoms with E-state index < -0.39 is 0 Å². The maximum Gasteiger partial charge on any atom is 0.120 e. The van der Waals surface area contributed by atoms with Crippen molar-refractivity contribution in [3.8, 4) is 5.75 Å². The van der Waals surface area contributed by atoms with Crippen molar-refractivity contribution in [3.63, 3.8) is 0 Å². The summed E-state index contributed by atoms with van der Waals surface area (Å²) in [4.78, 5) is 0. The first kappa shape index (κ1) is 15.8. The Bertz CT molecular complexity index is 599. The van der Waals surface area contributed by atoms with Gasteiger partial charge in [-0.2, -0.15) is 0 Å². The molecule has 1 atom stereocenters. The minimum absolute atomic E-state index is 0.255. The van der Waals surface area contributed by atoms with Crippen LogP contribution in [0.3, 0.4) is 0 Å². The lowest BCUT2D eigenvalue weighted by Gasteiger charge is -2.16. The second-order valence-corrected chi connectivity index (χ2v) is 6.50. The summed E-state index contributed by atoms with van der Waals surface area (Å²) >= 11 is 13.1. The Morgan fingerprint density at radius 2 is 1.95 bits per heavy atom. The molecule has 0 aliphatic heterocycles. The van der Waals surface area contributed by atoms with Crippen LogP contribution in [0.4, 0.5) is 0 Å². The van der Waals surface area contributed by atoms with Crippen molar-refractivity contribution in [3.05, 3.63) is 61.5 Å². The number of ether oxygens (including phenoxy) is 1. The van der Waals surface area contributed by atoms with Crippen LogP contribution < -0.4 is 10.5 Å². The molecule has 20 heavy (non-hydrogen) atoms.